The Balaban J connectivity index is 1.49. The Bertz CT molecular complexity index is 2680. The Morgan fingerprint density at radius 2 is 0.979 bits per heavy atom. The lowest BCUT2D eigenvalue weighted by Crippen LogP contribution is -2.01. The summed E-state index contributed by atoms with van der Waals surface area (Å²) in [6, 6.07) is 22.8. The first-order valence-electron chi connectivity index (χ1n) is 13.3. The van der Waals surface area contributed by atoms with Crippen LogP contribution in [0.2, 0.25) is 0 Å². The standard InChI is InChI=1S/C30H21N5O9S3/c31-24-11-12-27(21-4-2-6-29(30(21)24)47(42,43)44)34-35-28-14-13-26(20-10-9-19(16-23(20)28)46(39,40)41)33-32-25-5-1-3-17-7-8-18(15-22(17)25)45(36,37)38/h1-16H,31H2,(H,36,37,38)(H,39,40,41)(H,42,43,44). The highest BCUT2D eigenvalue weighted by Gasteiger charge is 2.18. The molecule has 0 amide bonds. The van der Waals surface area contributed by atoms with Gasteiger partial charge in [-0.25, -0.2) is 0 Å². The number of azo groups is 2. The topological polar surface area (TPSA) is 239 Å². The predicted octanol–water partition coefficient (Wildman–Crippen LogP) is 7.30. The Morgan fingerprint density at radius 1 is 0.468 bits per heavy atom. The van der Waals surface area contributed by atoms with Gasteiger partial charge in [-0.3, -0.25) is 13.7 Å². The maximum Gasteiger partial charge on any atom is 0.295 e. The van der Waals surface area contributed by atoms with Gasteiger partial charge in [0, 0.05) is 32.6 Å². The summed E-state index contributed by atoms with van der Waals surface area (Å²) in [7, 11) is -13.7. The molecule has 6 aromatic carbocycles. The Morgan fingerprint density at radius 3 is 1.60 bits per heavy atom. The van der Waals surface area contributed by atoms with E-state index in [1.54, 1.807) is 24.3 Å². The molecule has 0 aliphatic heterocycles. The first-order chi connectivity index (χ1) is 22.1. The highest BCUT2D eigenvalue weighted by Crippen LogP contribution is 2.39. The summed E-state index contributed by atoms with van der Waals surface area (Å²) in [5, 5.41) is 19.0. The smallest absolute Gasteiger partial charge is 0.295 e. The molecule has 238 valence electrons. The fourth-order valence-electron chi connectivity index (χ4n) is 5.02. The molecule has 0 aliphatic carbocycles. The van der Waals surface area contributed by atoms with Crippen LogP contribution in [-0.2, 0) is 30.4 Å². The molecule has 17 heteroatoms. The number of nitrogens with zero attached hydrogens (tertiary/aromatic N) is 4. The highest BCUT2D eigenvalue weighted by molar-refractivity contribution is 7.86. The van der Waals surface area contributed by atoms with Gasteiger partial charge in [0.15, 0.2) is 0 Å². The molecule has 0 saturated heterocycles. The van der Waals surface area contributed by atoms with Gasteiger partial charge >= 0.3 is 0 Å². The molecular formula is C30H21N5O9S3. The third kappa shape index (κ3) is 6.30. The van der Waals surface area contributed by atoms with Crippen LogP contribution in [0.15, 0.2) is 132 Å². The van der Waals surface area contributed by atoms with Crippen molar-refractivity contribution in [3.05, 3.63) is 97.1 Å². The molecule has 0 aliphatic rings. The van der Waals surface area contributed by atoms with E-state index >= 15 is 0 Å². The maximum atomic E-state index is 12.0. The molecular weight excluding hydrogens is 671 g/mol. The van der Waals surface area contributed by atoms with Crippen molar-refractivity contribution in [3.63, 3.8) is 0 Å². The first kappa shape index (κ1) is 31.8. The molecule has 0 fully saturated rings. The van der Waals surface area contributed by atoms with Crippen molar-refractivity contribution in [2.24, 2.45) is 20.5 Å². The van der Waals surface area contributed by atoms with Crippen LogP contribution >= 0.6 is 0 Å². The van der Waals surface area contributed by atoms with Gasteiger partial charge in [-0.2, -0.15) is 25.3 Å². The van der Waals surface area contributed by atoms with Crippen molar-refractivity contribution in [2.75, 3.05) is 5.73 Å². The largest absolute Gasteiger partial charge is 0.398 e. The fourth-order valence-corrected chi connectivity index (χ4v) is 6.77. The molecule has 47 heavy (non-hydrogen) atoms. The minimum atomic E-state index is -4.63. The maximum absolute atomic E-state index is 12.0. The van der Waals surface area contributed by atoms with E-state index in [0.29, 0.717) is 16.2 Å². The Kier molecular flexibility index (Phi) is 7.83. The van der Waals surface area contributed by atoms with E-state index in [1.165, 1.54) is 66.7 Å². The Labute approximate surface area is 267 Å². The van der Waals surface area contributed by atoms with Crippen molar-refractivity contribution in [3.8, 4) is 0 Å². The number of fused-ring (bicyclic) bond motifs is 3. The molecule has 6 aromatic rings. The minimum absolute atomic E-state index is 0.0397. The predicted molar refractivity (Wildman–Crippen MR) is 174 cm³/mol. The van der Waals surface area contributed by atoms with Gasteiger partial charge in [0.25, 0.3) is 30.4 Å². The summed E-state index contributed by atoms with van der Waals surface area (Å²) < 4.78 is 100. The number of benzene rings is 6. The van der Waals surface area contributed by atoms with Crippen molar-refractivity contribution in [1.29, 1.82) is 0 Å². The molecule has 0 atom stereocenters. The number of hydrogen-bond donors (Lipinski definition) is 4. The normalized spacial score (nSPS) is 13.0. The van der Waals surface area contributed by atoms with Gasteiger partial charge < -0.3 is 5.73 Å². The van der Waals surface area contributed by atoms with Gasteiger partial charge in [-0.1, -0.05) is 36.4 Å². The second kappa shape index (κ2) is 11.6. The van der Waals surface area contributed by atoms with Gasteiger partial charge in [-0.05, 0) is 66.0 Å². The summed E-state index contributed by atoms with van der Waals surface area (Å²) in [6.07, 6.45) is 0. The fraction of sp³-hybridized carbons (Fsp3) is 0. The lowest BCUT2D eigenvalue weighted by atomic mass is 10.1. The van der Waals surface area contributed by atoms with E-state index < -0.39 is 40.1 Å². The number of nitrogens with two attached hydrogens (primary N) is 1. The van der Waals surface area contributed by atoms with E-state index in [1.807, 2.05) is 0 Å². The zero-order chi connectivity index (χ0) is 33.7. The minimum Gasteiger partial charge on any atom is -0.398 e. The molecule has 0 unspecified atom stereocenters. The van der Waals surface area contributed by atoms with Gasteiger partial charge in [0.2, 0.25) is 0 Å². The second-order valence-corrected chi connectivity index (χ2v) is 14.4. The lowest BCUT2D eigenvalue weighted by Gasteiger charge is -2.09. The third-order valence-corrected chi connectivity index (χ3v) is 9.78. The van der Waals surface area contributed by atoms with Crippen molar-refractivity contribution >= 4 is 91.1 Å². The number of rotatable bonds is 7. The second-order valence-electron chi connectivity index (χ2n) is 10.1. The average molecular weight is 692 g/mol. The monoisotopic (exact) mass is 691 g/mol. The van der Waals surface area contributed by atoms with Crippen LogP contribution < -0.4 is 5.73 Å². The lowest BCUT2D eigenvalue weighted by molar-refractivity contribution is 0.481. The quantitative estimate of drug-likeness (QED) is 0.0739. The summed E-state index contributed by atoms with van der Waals surface area (Å²) in [5.74, 6) is 0. The van der Waals surface area contributed by atoms with E-state index in [-0.39, 0.29) is 49.5 Å². The summed E-state index contributed by atoms with van der Waals surface area (Å²) in [6.45, 7) is 0. The van der Waals surface area contributed by atoms with E-state index in [9.17, 15) is 38.9 Å². The number of nitrogen functional groups attached to an aromatic ring is 1. The SMILES string of the molecule is Nc1ccc(N=Nc2ccc(N=Nc3cccc4ccc(S(=O)(=O)O)cc34)c3ccc(S(=O)(=O)O)cc23)c2cccc(S(=O)(=O)O)c12. The molecule has 0 bridgehead atoms. The van der Waals surface area contributed by atoms with Crippen LogP contribution in [0.3, 0.4) is 0 Å². The third-order valence-electron chi connectivity index (χ3n) is 7.19. The molecule has 0 radical (unpaired) electrons. The molecule has 0 saturated carbocycles. The summed E-state index contributed by atoms with van der Waals surface area (Å²) >= 11 is 0. The number of hydrogen-bond acceptors (Lipinski definition) is 11. The van der Waals surface area contributed by atoms with Crippen LogP contribution in [-0.4, -0.2) is 38.9 Å². The van der Waals surface area contributed by atoms with Crippen LogP contribution in [0.25, 0.3) is 32.3 Å². The first-order valence-corrected chi connectivity index (χ1v) is 17.6. The molecule has 6 rings (SSSR count). The molecule has 14 nitrogen and oxygen atoms in total. The van der Waals surface area contributed by atoms with E-state index in [4.69, 9.17) is 5.73 Å². The van der Waals surface area contributed by atoms with Crippen LogP contribution in [0.1, 0.15) is 0 Å². The number of anilines is 1. The molecule has 0 spiro atoms. The van der Waals surface area contributed by atoms with E-state index in [2.05, 4.69) is 20.5 Å². The van der Waals surface area contributed by atoms with Crippen molar-refractivity contribution in [1.82, 2.24) is 0 Å². The van der Waals surface area contributed by atoms with Gasteiger partial charge in [0.1, 0.15) is 4.90 Å². The van der Waals surface area contributed by atoms with Gasteiger partial charge in [0.05, 0.1) is 32.5 Å². The zero-order valence-electron chi connectivity index (χ0n) is 23.6. The molecule has 5 N–H and O–H groups in total. The van der Waals surface area contributed by atoms with E-state index in [0.717, 1.165) is 6.07 Å². The summed E-state index contributed by atoms with van der Waals surface area (Å²) in [5.41, 5.74) is 6.95. The van der Waals surface area contributed by atoms with Crippen LogP contribution in [0, 0.1) is 0 Å². The van der Waals surface area contributed by atoms with Gasteiger partial charge in [-0.15, -0.1) is 20.5 Å². The molecule has 0 aromatic heterocycles. The molecule has 0 heterocycles. The van der Waals surface area contributed by atoms with Crippen LogP contribution in [0.5, 0.6) is 0 Å². The summed E-state index contributed by atoms with van der Waals surface area (Å²) in [4.78, 5) is -1.17. The van der Waals surface area contributed by atoms with Crippen molar-refractivity contribution in [2.45, 2.75) is 14.7 Å². The van der Waals surface area contributed by atoms with Crippen LogP contribution in [0.4, 0.5) is 28.4 Å². The Hall–Kier alpha value is -5.17. The average Bonchev–Trinajstić information content (AvgIpc) is 3.01. The highest BCUT2D eigenvalue weighted by atomic mass is 32.2. The zero-order valence-corrected chi connectivity index (χ0v) is 26.1. The van der Waals surface area contributed by atoms with Crippen molar-refractivity contribution < 1.29 is 38.9 Å².